The highest BCUT2D eigenvalue weighted by atomic mass is 16.7. The summed E-state index contributed by atoms with van der Waals surface area (Å²) in [5, 5.41) is 15.3. The quantitative estimate of drug-likeness (QED) is 0.458. The molecule has 2 aromatic rings. The first-order chi connectivity index (χ1) is 12.8. The lowest BCUT2D eigenvalue weighted by Crippen LogP contribution is -2.17. The Hall–Kier alpha value is -3.63. The van der Waals surface area contributed by atoms with E-state index in [0.717, 1.165) is 0 Å². The third-order valence-corrected chi connectivity index (χ3v) is 3.62. The van der Waals surface area contributed by atoms with Crippen molar-refractivity contribution in [1.29, 1.82) is 0 Å². The summed E-state index contributed by atoms with van der Waals surface area (Å²) in [4.78, 5) is 23.1. The van der Waals surface area contributed by atoms with Crippen molar-refractivity contribution in [2.75, 3.05) is 50.2 Å². The van der Waals surface area contributed by atoms with E-state index < -0.39 is 4.92 Å². The summed E-state index contributed by atoms with van der Waals surface area (Å²) in [5.41, 5.74) is 3.15. The highest BCUT2D eigenvalue weighted by Crippen LogP contribution is 2.41. The standard InChI is InChI=1S/C16H19N7O4/c1-21(2)14-7-13(18-16(19-14)22(3)4)20-17-8-10-5-11(23(24)25)15-12(6-10)26-9-27-15/h5-8H,9H2,1-4H3,(H,18,19,20)/b17-8+. The molecule has 0 saturated carbocycles. The van der Waals surface area contributed by atoms with Crippen molar-refractivity contribution in [3.05, 3.63) is 33.9 Å². The van der Waals surface area contributed by atoms with Crippen molar-refractivity contribution in [3.8, 4) is 11.5 Å². The molecule has 1 aliphatic heterocycles. The van der Waals surface area contributed by atoms with Gasteiger partial charge in [-0.05, 0) is 6.07 Å². The number of aromatic nitrogens is 2. The van der Waals surface area contributed by atoms with Crippen LogP contribution in [0.2, 0.25) is 0 Å². The zero-order valence-corrected chi connectivity index (χ0v) is 15.3. The molecule has 3 rings (SSSR count). The number of benzene rings is 1. The van der Waals surface area contributed by atoms with Crippen molar-refractivity contribution < 1.29 is 14.4 Å². The van der Waals surface area contributed by atoms with Gasteiger partial charge in [-0.2, -0.15) is 15.1 Å². The lowest BCUT2D eigenvalue weighted by atomic mass is 10.2. The highest BCUT2D eigenvalue weighted by molar-refractivity contribution is 5.84. The lowest BCUT2D eigenvalue weighted by molar-refractivity contribution is -0.385. The number of hydrazone groups is 1. The Balaban J connectivity index is 1.84. The van der Waals surface area contributed by atoms with Crippen LogP contribution in [-0.2, 0) is 0 Å². The molecular formula is C16H19N7O4. The van der Waals surface area contributed by atoms with Crippen molar-refractivity contribution in [3.63, 3.8) is 0 Å². The number of hydrogen-bond donors (Lipinski definition) is 1. The maximum absolute atomic E-state index is 11.2. The van der Waals surface area contributed by atoms with Crippen LogP contribution in [-0.4, -0.2) is 56.1 Å². The Labute approximate surface area is 155 Å². The highest BCUT2D eigenvalue weighted by Gasteiger charge is 2.26. The molecule has 11 heteroatoms. The van der Waals surface area contributed by atoms with E-state index in [9.17, 15) is 10.1 Å². The van der Waals surface area contributed by atoms with E-state index in [2.05, 4.69) is 20.5 Å². The van der Waals surface area contributed by atoms with Crippen LogP contribution in [0.25, 0.3) is 0 Å². The lowest BCUT2D eigenvalue weighted by Gasteiger charge is -2.16. The zero-order chi connectivity index (χ0) is 19.6. The zero-order valence-electron chi connectivity index (χ0n) is 15.3. The Kier molecular flexibility index (Phi) is 4.92. The predicted octanol–water partition coefficient (Wildman–Crippen LogP) is 1.69. The first-order valence-electron chi connectivity index (χ1n) is 7.96. The number of nitrogens with one attached hydrogen (secondary N) is 1. The largest absolute Gasteiger partial charge is 0.453 e. The van der Waals surface area contributed by atoms with Gasteiger partial charge in [-0.1, -0.05) is 0 Å². The Morgan fingerprint density at radius 3 is 2.63 bits per heavy atom. The van der Waals surface area contributed by atoms with Gasteiger partial charge in [-0.15, -0.1) is 0 Å². The molecule has 0 saturated heterocycles. The van der Waals surface area contributed by atoms with Gasteiger partial charge in [0, 0.05) is 45.9 Å². The Morgan fingerprint density at radius 2 is 1.96 bits per heavy atom. The molecule has 0 unspecified atom stereocenters. The molecule has 1 N–H and O–H groups in total. The maximum atomic E-state index is 11.2. The molecule has 0 amide bonds. The van der Waals surface area contributed by atoms with Crippen molar-refractivity contribution in [2.45, 2.75) is 0 Å². The van der Waals surface area contributed by atoms with Gasteiger partial charge in [-0.25, -0.2) is 0 Å². The van der Waals surface area contributed by atoms with Crippen LogP contribution in [0.1, 0.15) is 5.56 Å². The minimum absolute atomic E-state index is 0.0451. The molecule has 0 fully saturated rings. The van der Waals surface area contributed by atoms with E-state index in [1.807, 2.05) is 33.1 Å². The van der Waals surface area contributed by atoms with Crippen molar-refractivity contribution in [1.82, 2.24) is 9.97 Å². The van der Waals surface area contributed by atoms with Crippen molar-refractivity contribution in [2.24, 2.45) is 5.10 Å². The van der Waals surface area contributed by atoms with Gasteiger partial charge < -0.3 is 19.3 Å². The normalized spacial score (nSPS) is 12.3. The van der Waals surface area contributed by atoms with E-state index in [1.165, 1.54) is 12.3 Å². The number of ether oxygens (including phenoxy) is 2. The van der Waals surface area contributed by atoms with Crippen LogP contribution in [0, 0.1) is 10.1 Å². The molecule has 27 heavy (non-hydrogen) atoms. The molecule has 11 nitrogen and oxygen atoms in total. The summed E-state index contributed by atoms with van der Waals surface area (Å²) >= 11 is 0. The SMILES string of the molecule is CN(C)c1cc(N/N=C/c2cc3c(c([N+](=O)[O-])c2)OCO3)nc(N(C)C)n1. The summed E-state index contributed by atoms with van der Waals surface area (Å²) < 4.78 is 10.4. The topological polar surface area (TPSA) is 118 Å². The Morgan fingerprint density at radius 1 is 1.19 bits per heavy atom. The monoisotopic (exact) mass is 373 g/mol. The van der Waals surface area contributed by atoms with Gasteiger partial charge in [0.05, 0.1) is 11.1 Å². The van der Waals surface area contributed by atoms with E-state index in [4.69, 9.17) is 9.47 Å². The van der Waals surface area contributed by atoms with E-state index in [0.29, 0.717) is 28.9 Å². The number of rotatable bonds is 6. The van der Waals surface area contributed by atoms with Crippen LogP contribution >= 0.6 is 0 Å². The molecule has 0 spiro atoms. The van der Waals surface area contributed by atoms with Crippen LogP contribution in [0.4, 0.5) is 23.3 Å². The molecular weight excluding hydrogens is 354 g/mol. The number of fused-ring (bicyclic) bond motifs is 1. The fourth-order valence-electron chi connectivity index (χ4n) is 2.30. The van der Waals surface area contributed by atoms with Crippen LogP contribution in [0.3, 0.4) is 0 Å². The van der Waals surface area contributed by atoms with Crippen molar-refractivity contribution >= 4 is 29.5 Å². The second kappa shape index (κ2) is 7.32. The van der Waals surface area contributed by atoms with Crippen LogP contribution in [0.5, 0.6) is 11.5 Å². The molecule has 1 aromatic carbocycles. The second-order valence-corrected chi connectivity index (χ2v) is 6.10. The fourth-order valence-corrected chi connectivity index (χ4v) is 2.30. The molecule has 2 heterocycles. The summed E-state index contributed by atoms with van der Waals surface area (Å²) in [5.74, 6) is 2.18. The third-order valence-electron chi connectivity index (χ3n) is 3.62. The molecule has 1 aromatic heterocycles. The van der Waals surface area contributed by atoms with Gasteiger partial charge in [0.25, 0.3) is 0 Å². The average Bonchev–Trinajstić information content (AvgIpc) is 3.09. The first-order valence-corrected chi connectivity index (χ1v) is 7.96. The van der Waals surface area contributed by atoms with Gasteiger partial charge in [-0.3, -0.25) is 15.5 Å². The molecule has 142 valence electrons. The number of nitro benzene ring substituents is 1. The van der Waals surface area contributed by atoms with Gasteiger partial charge in [0.1, 0.15) is 5.82 Å². The molecule has 0 atom stereocenters. The predicted molar refractivity (Wildman–Crippen MR) is 101 cm³/mol. The minimum Gasteiger partial charge on any atom is -0.453 e. The molecule has 0 aliphatic carbocycles. The van der Waals surface area contributed by atoms with E-state index in [-0.39, 0.29) is 18.2 Å². The number of nitrogens with zero attached hydrogens (tertiary/aromatic N) is 6. The second-order valence-electron chi connectivity index (χ2n) is 6.10. The van der Waals surface area contributed by atoms with Gasteiger partial charge in [0.2, 0.25) is 18.5 Å². The number of hydrogen-bond acceptors (Lipinski definition) is 10. The summed E-state index contributed by atoms with van der Waals surface area (Å²) in [6.07, 6.45) is 1.45. The van der Waals surface area contributed by atoms with Gasteiger partial charge >= 0.3 is 5.69 Å². The smallest absolute Gasteiger partial charge is 0.315 e. The molecule has 0 bridgehead atoms. The summed E-state index contributed by atoms with van der Waals surface area (Å²) in [7, 11) is 7.43. The average molecular weight is 373 g/mol. The number of nitro groups is 1. The third kappa shape index (κ3) is 3.97. The molecule has 1 aliphatic rings. The summed E-state index contributed by atoms with van der Waals surface area (Å²) in [6.45, 7) is -0.0451. The Bertz CT molecular complexity index is 872. The van der Waals surface area contributed by atoms with E-state index >= 15 is 0 Å². The van der Waals surface area contributed by atoms with E-state index in [1.54, 1.807) is 17.0 Å². The van der Waals surface area contributed by atoms with Crippen LogP contribution in [0.15, 0.2) is 23.3 Å². The summed E-state index contributed by atoms with van der Waals surface area (Å²) in [6, 6.07) is 4.73. The van der Waals surface area contributed by atoms with Gasteiger partial charge in [0.15, 0.2) is 11.6 Å². The first kappa shape index (κ1) is 18.2. The minimum atomic E-state index is -0.518. The number of anilines is 3. The van der Waals surface area contributed by atoms with Crippen LogP contribution < -0.4 is 24.7 Å². The molecule has 0 radical (unpaired) electrons. The maximum Gasteiger partial charge on any atom is 0.315 e. The fraction of sp³-hybridized carbons (Fsp3) is 0.312.